The molecular weight excluding hydrogens is 372 g/mol. The number of nitrogens with zero attached hydrogens (tertiary/aromatic N) is 4. The van der Waals surface area contributed by atoms with Crippen LogP contribution in [-0.2, 0) is 0 Å². The Morgan fingerprint density at radius 2 is 1.96 bits per heavy atom. The van der Waals surface area contributed by atoms with Gasteiger partial charge in [0.1, 0.15) is 5.69 Å². The van der Waals surface area contributed by atoms with Crippen molar-refractivity contribution in [1.29, 1.82) is 0 Å². The molecule has 3 heterocycles. The van der Waals surface area contributed by atoms with E-state index < -0.39 is 0 Å². The maximum Gasteiger partial charge on any atom is 0.209 e. The van der Waals surface area contributed by atoms with E-state index in [9.17, 15) is 0 Å². The van der Waals surface area contributed by atoms with Gasteiger partial charge in [-0.3, -0.25) is 4.98 Å². The summed E-state index contributed by atoms with van der Waals surface area (Å²) >= 11 is 5.12. The zero-order valence-electron chi connectivity index (χ0n) is 12.4. The molecule has 0 N–H and O–H groups in total. The van der Waals surface area contributed by atoms with Crippen molar-refractivity contribution in [3.05, 3.63) is 58.7 Å². The fraction of sp³-hybridized carbons (Fsp3) is 0.235. The summed E-state index contributed by atoms with van der Waals surface area (Å²) in [5.74, 6) is 0. The Morgan fingerprint density at radius 3 is 2.74 bits per heavy atom. The van der Waals surface area contributed by atoms with E-state index in [-0.39, 0.29) is 0 Å². The Hall–Kier alpha value is -1.79. The topological polar surface area (TPSA) is 41.9 Å². The normalized spacial score (nSPS) is 17.6. The molecule has 6 heteroatoms. The van der Waals surface area contributed by atoms with Crippen LogP contribution in [0.4, 0.5) is 5.13 Å². The van der Waals surface area contributed by atoms with Crippen LogP contribution in [0.25, 0.3) is 10.7 Å². The predicted octanol–water partition coefficient (Wildman–Crippen LogP) is 4.70. The Kier molecular flexibility index (Phi) is 4.10. The molecular formula is C17H15BrN4S. The summed E-state index contributed by atoms with van der Waals surface area (Å²) in [5.41, 5.74) is 2.22. The summed E-state index contributed by atoms with van der Waals surface area (Å²) < 4.78 is 1.11. The van der Waals surface area contributed by atoms with Crippen molar-refractivity contribution in [3.8, 4) is 10.7 Å². The molecule has 116 valence electrons. The van der Waals surface area contributed by atoms with Gasteiger partial charge in [0.05, 0.1) is 6.04 Å². The van der Waals surface area contributed by atoms with Crippen LogP contribution in [-0.4, -0.2) is 21.7 Å². The number of hydrogen-bond acceptors (Lipinski definition) is 5. The van der Waals surface area contributed by atoms with E-state index >= 15 is 0 Å². The van der Waals surface area contributed by atoms with E-state index in [0.717, 1.165) is 33.3 Å². The fourth-order valence-electron chi connectivity index (χ4n) is 2.95. The third kappa shape index (κ3) is 3.01. The highest BCUT2D eigenvalue weighted by Crippen LogP contribution is 2.39. The number of anilines is 1. The molecule has 0 aliphatic carbocycles. The SMILES string of the molecule is Brc1ccc([C@@H]2CCCN2c2nnc(-c3ccccn3)s2)cc1. The van der Waals surface area contributed by atoms with Crippen LogP contribution in [0.3, 0.4) is 0 Å². The van der Waals surface area contributed by atoms with Crippen LogP contribution in [0.2, 0.25) is 0 Å². The molecule has 4 nitrogen and oxygen atoms in total. The molecule has 3 aromatic rings. The van der Waals surface area contributed by atoms with Gasteiger partial charge in [0.15, 0.2) is 5.01 Å². The summed E-state index contributed by atoms with van der Waals surface area (Å²) in [7, 11) is 0. The van der Waals surface area contributed by atoms with Crippen LogP contribution in [0.15, 0.2) is 53.1 Å². The van der Waals surface area contributed by atoms with E-state index in [0.29, 0.717) is 6.04 Å². The summed E-state index contributed by atoms with van der Waals surface area (Å²) in [6, 6.07) is 14.8. The maximum atomic E-state index is 4.41. The number of aromatic nitrogens is 3. The minimum Gasteiger partial charge on any atom is -0.340 e. The summed E-state index contributed by atoms with van der Waals surface area (Å²) in [4.78, 5) is 6.73. The maximum absolute atomic E-state index is 4.41. The van der Waals surface area contributed by atoms with Crippen molar-refractivity contribution < 1.29 is 0 Å². The van der Waals surface area contributed by atoms with Crippen molar-refractivity contribution in [2.75, 3.05) is 11.4 Å². The second-order valence-electron chi connectivity index (χ2n) is 5.51. The van der Waals surface area contributed by atoms with E-state index in [1.807, 2.05) is 18.2 Å². The van der Waals surface area contributed by atoms with Crippen molar-refractivity contribution in [3.63, 3.8) is 0 Å². The lowest BCUT2D eigenvalue weighted by Gasteiger charge is -2.23. The zero-order chi connectivity index (χ0) is 15.6. The third-order valence-electron chi connectivity index (χ3n) is 4.05. The molecule has 1 aliphatic rings. The lowest BCUT2D eigenvalue weighted by atomic mass is 10.1. The smallest absolute Gasteiger partial charge is 0.209 e. The first kappa shape index (κ1) is 14.8. The van der Waals surface area contributed by atoms with Gasteiger partial charge < -0.3 is 4.90 Å². The molecule has 1 aromatic carbocycles. The highest BCUT2D eigenvalue weighted by molar-refractivity contribution is 9.10. The minimum atomic E-state index is 0.382. The van der Waals surface area contributed by atoms with Gasteiger partial charge in [-0.1, -0.05) is 45.5 Å². The van der Waals surface area contributed by atoms with Crippen LogP contribution in [0.5, 0.6) is 0 Å². The molecule has 0 bridgehead atoms. The van der Waals surface area contributed by atoms with Crippen molar-refractivity contribution >= 4 is 32.4 Å². The van der Waals surface area contributed by atoms with Gasteiger partial charge in [0.25, 0.3) is 0 Å². The third-order valence-corrected chi connectivity index (χ3v) is 5.56. The van der Waals surface area contributed by atoms with Gasteiger partial charge in [-0.05, 0) is 42.7 Å². The van der Waals surface area contributed by atoms with E-state index in [1.54, 1.807) is 17.5 Å². The Balaban J connectivity index is 1.62. The van der Waals surface area contributed by atoms with Gasteiger partial charge >= 0.3 is 0 Å². The lowest BCUT2D eigenvalue weighted by molar-refractivity contribution is 0.714. The lowest BCUT2D eigenvalue weighted by Crippen LogP contribution is -2.22. The van der Waals surface area contributed by atoms with Gasteiger partial charge in [-0.2, -0.15) is 0 Å². The van der Waals surface area contributed by atoms with Gasteiger partial charge in [0.2, 0.25) is 5.13 Å². The molecule has 0 radical (unpaired) electrons. The molecule has 4 rings (SSSR count). The predicted molar refractivity (Wildman–Crippen MR) is 96.6 cm³/mol. The molecule has 2 aromatic heterocycles. The monoisotopic (exact) mass is 386 g/mol. The Labute approximate surface area is 147 Å². The van der Waals surface area contributed by atoms with Crippen LogP contribution in [0, 0.1) is 0 Å². The largest absolute Gasteiger partial charge is 0.340 e. The van der Waals surface area contributed by atoms with Crippen LogP contribution < -0.4 is 4.90 Å². The minimum absolute atomic E-state index is 0.382. The average Bonchev–Trinajstić information content (AvgIpc) is 3.25. The molecule has 0 spiro atoms. The quantitative estimate of drug-likeness (QED) is 0.653. The number of benzene rings is 1. The molecule has 1 fully saturated rings. The standard InChI is InChI=1S/C17H15BrN4S/c18-13-8-6-12(7-9-13)15-5-3-11-22(15)17-21-20-16(23-17)14-4-1-2-10-19-14/h1-2,4,6-10,15H,3,5,11H2/t15-/m0/s1. The second kappa shape index (κ2) is 6.37. The first-order chi connectivity index (χ1) is 11.3. The van der Waals surface area contributed by atoms with E-state index in [4.69, 9.17) is 0 Å². The molecule has 0 saturated carbocycles. The molecule has 1 saturated heterocycles. The first-order valence-corrected chi connectivity index (χ1v) is 9.19. The number of rotatable bonds is 3. The first-order valence-electron chi connectivity index (χ1n) is 7.58. The molecule has 1 atom stereocenters. The molecule has 1 aliphatic heterocycles. The van der Waals surface area contributed by atoms with Gasteiger partial charge in [0, 0.05) is 17.2 Å². The van der Waals surface area contributed by atoms with Crippen molar-refractivity contribution in [2.45, 2.75) is 18.9 Å². The van der Waals surface area contributed by atoms with Crippen LogP contribution in [0.1, 0.15) is 24.4 Å². The molecule has 0 amide bonds. The van der Waals surface area contributed by atoms with Crippen LogP contribution >= 0.6 is 27.3 Å². The average molecular weight is 387 g/mol. The zero-order valence-corrected chi connectivity index (χ0v) is 14.8. The summed E-state index contributed by atoms with van der Waals surface area (Å²) in [6.45, 7) is 1.03. The van der Waals surface area contributed by atoms with Gasteiger partial charge in [-0.25, -0.2) is 0 Å². The highest BCUT2D eigenvalue weighted by atomic mass is 79.9. The second-order valence-corrected chi connectivity index (χ2v) is 7.38. The van der Waals surface area contributed by atoms with Crippen molar-refractivity contribution in [2.24, 2.45) is 0 Å². The van der Waals surface area contributed by atoms with Crippen molar-refractivity contribution in [1.82, 2.24) is 15.2 Å². The fourth-order valence-corrected chi connectivity index (χ4v) is 4.11. The Bertz CT molecular complexity index is 788. The highest BCUT2D eigenvalue weighted by Gasteiger charge is 2.28. The number of pyridine rings is 1. The van der Waals surface area contributed by atoms with E-state index in [2.05, 4.69) is 60.3 Å². The Morgan fingerprint density at radius 1 is 1.09 bits per heavy atom. The number of hydrogen-bond donors (Lipinski definition) is 0. The summed E-state index contributed by atoms with van der Waals surface area (Å²) in [5, 5.41) is 10.6. The summed E-state index contributed by atoms with van der Waals surface area (Å²) in [6.07, 6.45) is 4.12. The van der Waals surface area contributed by atoms with E-state index in [1.165, 1.54) is 12.0 Å². The molecule has 0 unspecified atom stereocenters. The van der Waals surface area contributed by atoms with Gasteiger partial charge in [-0.15, -0.1) is 10.2 Å². The molecule has 23 heavy (non-hydrogen) atoms. The number of halogens is 1.